The maximum Gasteiger partial charge on any atom is 0.306 e. The zero-order chi connectivity index (χ0) is 43.8. The van der Waals surface area contributed by atoms with Crippen LogP contribution in [0.5, 0.6) is 0 Å². The molecule has 0 aromatic carbocycles. The lowest BCUT2D eigenvalue weighted by molar-refractivity contribution is -0.151. The Morgan fingerprint density at radius 1 is 0.483 bits per heavy atom. The second-order valence-corrected chi connectivity index (χ2v) is 18.3. The van der Waals surface area contributed by atoms with Gasteiger partial charge in [0, 0.05) is 6.42 Å². The van der Waals surface area contributed by atoms with Crippen LogP contribution in [0.1, 0.15) is 284 Å². The molecule has 0 aliphatic carbocycles. The predicted octanol–water partition coefficient (Wildman–Crippen LogP) is 15.9. The summed E-state index contributed by atoms with van der Waals surface area (Å²) in [5.74, 6) is -0.479. The first-order chi connectivity index (χ1) is 29.5. The number of rotatable bonds is 48. The summed E-state index contributed by atoms with van der Waals surface area (Å²) in [6.45, 7) is 6.46. The van der Waals surface area contributed by atoms with E-state index < -0.39 is 18.2 Å². The molecule has 0 aromatic rings. The van der Waals surface area contributed by atoms with Crippen molar-refractivity contribution in [2.75, 3.05) is 6.61 Å². The molecule has 0 saturated carbocycles. The van der Waals surface area contributed by atoms with Gasteiger partial charge in [0.2, 0.25) is 5.91 Å². The van der Waals surface area contributed by atoms with E-state index in [4.69, 9.17) is 4.74 Å². The van der Waals surface area contributed by atoms with Crippen molar-refractivity contribution in [2.45, 2.75) is 302 Å². The van der Waals surface area contributed by atoms with Gasteiger partial charge in [-0.25, -0.2) is 0 Å². The second-order valence-electron chi connectivity index (χ2n) is 18.3. The van der Waals surface area contributed by atoms with Crippen molar-refractivity contribution < 1.29 is 24.5 Å². The lowest BCUT2D eigenvalue weighted by Crippen LogP contribution is -2.46. The Kier molecular flexibility index (Phi) is 47.0. The fourth-order valence-electron chi connectivity index (χ4n) is 8.25. The van der Waals surface area contributed by atoms with E-state index in [0.29, 0.717) is 19.3 Å². The Labute approximate surface area is 373 Å². The summed E-state index contributed by atoms with van der Waals surface area (Å²) in [6.07, 6.45) is 55.2. The minimum atomic E-state index is -0.788. The van der Waals surface area contributed by atoms with E-state index in [2.05, 4.69) is 50.4 Å². The van der Waals surface area contributed by atoms with Crippen LogP contribution in [0.25, 0.3) is 0 Å². The average molecular weight is 846 g/mol. The number of ether oxygens (including phenoxy) is 1. The molecular weight excluding hydrogens is 743 g/mol. The summed E-state index contributed by atoms with van der Waals surface area (Å²) in [6, 6.07) is -0.703. The highest BCUT2D eigenvalue weighted by molar-refractivity contribution is 5.77. The molecule has 3 atom stereocenters. The molecule has 3 unspecified atom stereocenters. The number of unbranched alkanes of at least 4 members (excludes halogenated alkanes) is 33. The molecule has 0 radical (unpaired) electrons. The average Bonchev–Trinajstić information content (AvgIpc) is 3.24. The van der Waals surface area contributed by atoms with Crippen LogP contribution in [-0.2, 0) is 14.3 Å². The van der Waals surface area contributed by atoms with Crippen molar-refractivity contribution in [3.05, 3.63) is 24.3 Å². The van der Waals surface area contributed by atoms with Crippen molar-refractivity contribution in [3.63, 3.8) is 0 Å². The first-order valence-corrected chi connectivity index (χ1v) is 26.6. The summed E-state index contributed by atoms with van der Waals surface area (Å²) in [4.78, 5) is 26.1. The van der Waals surface area contributed by atoms with Crippen LogP contribution in [0.4, 0.5) is 0 Å². The Morgan fingerprint density at radius 3 is 1.27 bits per heavy atom. The van der Waals surface area contributed by atoms with E-state index >= 15 is 0 Å². The van der Waals surface area contributed by atoms with Crippen LogP contribution in [-0.4, -0.2) is 46.9 Å². The van der Waals surface area contributed by atoms with Gasteiger partial charge in [-0.1, -0.05) is 244 Å². The number of amides is 1. The van der Waals surface area contributed by atoms with Gasteiger partial charge in [-0.05, 0) is 51.4 Å². The fourth-order valence-corrected chi connectivity index (χ4v) is 8.25. The normalized spacial score (nSPS) is 13.3. The van der Waals surface area contributed by atoms with Crippen LogP contribution in [0, 0.1) is 0 Å². The van der Waals surface area contributed by atoms with E-state index in [-0.39, 0.29) is 24.9 Å². The first kappa shape index (κ1) is 58.3. The molecule has 6 nitrogen and oxygen atoms in total. The number of carbonyl (C=O) groups excluding carboxylic acids is 2. The van der Waals surface area contributed by atoms with Gasteiger partial charge in [0.25, 0.3) is 0 Å². The number of hydrogen-bond acceptors (Lipinski definition) is 5. The maximum atomic E-state index is 13.2. The van der Waals surface area contributed by atoms with Gasteiger partial charge in [0.1, 0.15) is 6.10 Å². The van der Waals surface area contributed by atoms with E-state index in [9.17, 15) is 19.8 Å². The maximum absolute atomic E-state index is 13.2. The number of aliphatic hydroxyl groups excluding tert-OH is 2. The van der Waals surface area contributed by atoms with Gasteiger partial charge in [-0.3, -0.25) is 9.59 Å². The summed E-state index contributed by atoms with van der Waals surface area (Å²) in [5.41, 5.74) is 0. The molecule has 0 rings (SSSR count). The number of hydrogen-bond donors (Lipinski definition) is 3. The molecule has 0 aliphatic heterocycles. The number of carbonyl (C=O) groups is 2. The molecule has 0 aliphatic rings. The van der Waals surface area contributed by atoms with Gasteiger partial charge in [-0.15, -0.1) is 0 Å². The lowest BCUT2D eigenvalue weighted by Gasteiger charge is -2.24. The molecule has 0 aromatic heterocycles. The Bertz CT molecular complexity index is 950. The van der Waals surface area contributed by atoms with Gasteiger partial charge >= 0.3 is 5.97 Å². The van der Waals surface area contributed by atoms with Crippen LogP contribution >= 0.6 is 0 Å². The standard InChI is InChI=1S/C54H103NO5/c1-4-7-10-13-16-19-22-24-25-26-27-29-32-35-38-41-44-47-54(59)60-50(45-42-39-36-33-31-28-23-20-17-14-11-8-5-2)48-53(58)55-51(49-56)52(57)46-43-40-37-34-30-21-18-15-12-9-6-3/h17,20,23,28,50-52,56-57H,4-16,18-19,21-22,24-27,29-49H2,1-3H3,(H,55,58)/b20-17+,28-23+. The molecule has 0 heterocycles. The van der Waals surface area contributed by atoms with Crippen molar-refractivity contribution >= 4 is 11.9 Å². The number of aliphatic hydroxyl groups is 2. The minimum absolute atomic E-state index is 0.0692. The van der Waals surface area contributed by atoms with Gasteiger partial charge in [-0.2, -0.15) is 0 Å². The van der Waals surface area contributed by atoms with Crippen molar-refractivity contribution in [1.82, 2.24) is 5.32 Å². The molecule has 1 amide bonds. The quantitative estimate of drug-likeness (QED) is 0.0322. The van der Waals surface area contributed by atoms with E-state index in [1.165, 1.54) is 161 Å². The molecule has 0 spiro atoms. The number of allylic oxidation sites excluding steroid dienone is 4. The third kappa shape index (κ3) is 43.0. The molecule has 354 valence electrons. The topological polar surface area (TPSA) is 95.9 Å². The third-order valence-electron chi connectivity index (χ3n) is 12.3. The van der Waals surface area contributed by atoms with Crippen LogP contribution in [0.2, 0.25) is 0 Å². The summed E-state index contributed by atoms with van der Waals surface area (Å²) >= 11 is 0. The summed E-state index contributed by atoms with van der Waals surface area (Å²) in [5, 5.41) is 23.7. The molecular formula is C54H103NO5. The van der Waals surface area contributed by atoms with Crippen molar-refractivity contribution in [1.29, 1.82) is 0 Å². The smallest absolute Gasteiger partial charge is 0.306 e. The van der Waals surface area contributed by atoms with Gasteiger partial charge in [0.15, 0.2) is 0 Å². The van der Waals surface area contributed by atoms with Crippen molar-refractivity contribution in [3.8, 4) is 0 Å². The van der Waals surface area contributed by atoms with Crippen LogP contribution in [0.3, 0.4) is 0 Å². The number of nitrogens with one attached hydrogen (secondary N) is 1. The predicted molar refractivity (Wildman–Crippen MR) is 260 cm³/mol. The van der Waals surface area contributed by atoms with Crippen molar-refractivity contribution in [2.24, 2.45) is 0 Å². The first-order valence-electron chi connectivity index (χ1n) is 26.6. The minimum Gasteiger partial charge on any atom is -0.462 e. The van der Waals surface area contributed by atoms with Crippen LogP contribution < -0.4 is 5.32 Å². The monoisotopic (exact) mass is 846 g/mol. The molecule has 0 bridgehead atoms. The molecule has 6 heteroatoms. The molecule has 0 saturated heterocycles. The Balaban J connectivity index is 4.53. The fraction of sp³-hybridized carbons (Fsp3) is 0.889. The zero-order valence-electron chi connectivity index (χ0n) is 40.4. The highest BCUT2D eigenvalue weighted by Crippen LogP contribution is 2.18. The van der Waals surface area contributed by atoms with Crippen LogP contribution in [0.15, 0.2) is 24.3 Å². The molecule has 60 heavy (non-hydrogen) atoms. The molecule has 0 fully saturated rings. The third-order valence-corrected chi connectivity index (χ3v) is 12.3. The lowest BCUT2D eigenvalue weighted by atomic mass is 10.0. The highest BCUT2D eigenvalue weighted by atomic mass is 16.5. The highest BCUT2D eigenvalue weighted by Gasteiger charge is 2.24. The zero-order valence-corrected chi connectivity index (χ0v) is 40.4. The number of esters is 1. The Hall–Kier alpha value is -1.66. The largest absolute Gasteiger partial charge is 0.462 e. The van der Waals surface area contributed by atoms with Gasteiger partial charge in [0.05, 0.1) is 25.2 Å². The summed E-state index contributed by atoms with van der Waals surface area (Å²) in [7, 11) is 0. The molecule has 3 N–H and O–H groups in total. The van der Waals surface area contributed by atoms with Gasteiger partial charge < -0.3 is 20.3 Å². The Morgan fingerprint density at radius 2 is 0.833 bits per heavy atom. The second kappa shape index (κ2) is 48.4. The van der Waals surface area contributed by atoms with E-state index in [1.54, 1.807) is 0 Å². The summed E-state index contributed by atoms with van der Waals surface area (Å²) < 4.78 is 5.93. The SMILES string of the molecule is CCCCC/C=C/C=C/CCCCCCC(CC(=O)NC(CO)C(O)CCCCCCCCCCCCC)OC(=O)CCCCCCCCCCCCCCCCCCC. The van der Waals surface area contributed by atoms with E-state index in [0.717, 1.165) is 77.0 Å². The van der Waals surface area contributed by atoms with E-state index in [1.807, 2.05) is 0 Å².